The van der Waals surface area contributed by atoms with Crippen molar-refractivity contribution >= 4 is 5.97 Å². The van der Waals surface area contributed by atoms with Gasteiger partial charge in [-0.25, -0.2) is 0 Å². The predicted octanol–water partition coefficient (Wildman–Crippen LogP) is 1.11. The van der Waals surface area contributed by atoms with E-state index in [2.05, 4.69) is 0 Å². The molecule has 0 aromatic carbocycles. The van der Waals surface area contributed by atoms with Crippen LogP contribution in [0.15, 0.2) is 0 Å². The molecule has 0 aliphatic rings. The van der Waals surface area contributed by atoms with Gasteiger partial charge in [-0.05, 0) is 5.92 Å². The van der Waals surface area contributed by atoms with Crippen LogP contribution < -0.4 is 0 Å². The van der Waals surface area contributed by atoms with Gasteiger partial charge in [-0.1, -0.05) is 13.8 Å². The summed E-state index contributed by atoms with van der Waals surface area (Å²) < 4.78 is 0. The number of carbonyl (C=O) groups is 1. The van der Waals surface area contributed by atoms with Crippen molar-refractivity contribution in [3.63, 3.8) is 0 Å². The number of hydrogen-bond donors (Lipinski definition) is 1. The van der Waals surface area contributed by atoms with Gasteiger partial charge in [0.05, 0.1) is 0 Å². The van der Waals surface area contributed by atoms with Crippen molar-refractivity contribution in [3.05, 3.63) is 0 Å². The quantitative estimate of drug-likeness (QED) is 0.623. The molecule has 0 aliphatic carbocycles. The maximum atomic E-state index is 9.81. The van der Waals surface area contributed by atoms with E-state index < -0.39 is 5.97 Å². The molecule has 0 fully saturated rings. The molecule has 0 atom stereocenters. The summed E-state index contributed by atoms with van der Waals surface area (Å²) in [4.78, 5) is 9.81. The minimum atomic E-state index is -0.713. The smallest absolute Gasteiger partial charge is 0.303 e. The Morgan fingerprint density at radius 3 is 2.00 bits per heavy atom. The second-order valence-corrected chi connectivity index (χ2v) is 1.99. The Kier molecular flexibility index (Phi) is 6.98. The van der Waals surface area contributed by atoms with Gasteiger partial charge in [0.1, 0.15) is 0 Å². The fourth-order valence-corrected chi connectivity index (χ4v) is 0.349. The van der Waals surface area contributed by atoms with Crippen molar-refractivity contribution in [2.75, 3.05) is 0 Å². The average Bonchev–Trinajstić information content (AvgIpc) is 1.27. The molecule has 0 heterocycles. The van der Waals surface area contributed by atoms with Gasteiger partial charge in [0.15, 0.2) is 0 Å². The molecule has 0 bridgehead atoms. The minimum absolute atomic E-state index is 0. The summed E-state index contributed by atoms with van der Waals surface area (Å²) in [5, 5.41) is 8.08. The van der Waals surface area contributed by atoms with Crippen molar-refractivity contribution in [2.45, 2.75) is 20.3 Å². The fourth-order valence-electron chi connectivity index (χ4n) is 0.349. The summed E-state index contributed by atoms with van der Waals surface area (Å²) in [5.41, 5.74) is 0. The first-order chi connectivity index (χ1) is 3.13. The Morgan fingerprint density at radius 1 is 1.62 bits per heavy atom. The van der Waals surface area contributed by atoms with Crippen LogP contribution in [0.5, 0.6) is 0 Å². The number of carboxylic acid groups (broad SMARTS) is 1. The minimum Gasteiger partial charge on any atom is -0.481 e. The number of carboxylic acids is 1. The van der Waals surface area contributed by atoms with Gasteiger partial charge in [0.2, 0.25) is 0 Å². The van der Waals surface area contributed by atoms with Crippen molar-refractivity contribution in [2.24, 2.45) is 5.92 Å². The maximum absolute atomic E-state index is 9.81. The molecule has 0 aliphatic heterocycles. The second-order valence-electron chi connectivity index (χ2n) is 1.99. The summed E-state index contributed by atoms with van der Waals surface area (Å²) in [5.74, 6) is -0.438. The third kappa shape index (κ3) is 9.37. The maximum Gasteiger partial charge on any atom is 0.303 e. The van der Waals surface area contributed by atoms with Gasteiger partial charge in [-0.2, -0.15) is 0 Å². The van der Waals surface area contributed by atoms with Crippen LogP contribution in [-0.4, -0.2) is 11.1 Å². The van der Waals surface area contributed by atoms with Crippen LogP contribution in [0.25, 0.3) is 0 Å². The van der Waals surface area contributed by atoms with Gasteiger partial charge >= 0.3 is 5.97 Å². The van der Waals surface area contributed by atoms with Crippen molar-refractivity contribution < 1.29 is 27.0 Å². The van der Waals surface area contributed by atoms with Gasteiger partial charge in [-0.15, -0.1) is 0 Å². The van der Waals surface area contributed by atoms with Crippen LogP contribution in [0.2, 0.25) is 0 Å². The van der Waals surface area contributed by atoms with E-state index >= 15 is 0 Å². The van der Waals surface area contributed by atoms with Crippen LogP contribution in [0.3, 0.4) is 0 Å². The number of aliphatic carboxylic acids is 1. The van der Waals surface area contributed by atoms with E-state index in [1.165, 1.54) is 0 Å². The summed E-state index contributed by atoms with van der Waals surface area (Å²) in [7, 11) is 0. The Morgan fingerprint density at radius 2 is 2.00 bits per heavy atom. The summed E-state index contributed by atoms with van der Waals surface area (Å²) in [6, 6.07) is 0. The van der Waals surface area contributed by atoms with E-state index in [-0.39, 0.29) is 29.4 Å². The Balaban J connectivity index is 0. The molecular weight excluding hydrogens is 156 g/mol. The molecule has 3 heteroatoms. The van der Waals surface area contributed by atoms with E-state index in [9.17, 15) is 4.79 Å². The number of rotatable bonds is 2. The van der Waals surface area contributed by atoms with E-state index in [4.69, 9.17) is 5.11 Å². The topological polar surface area (TPSA) is 37.3 Å². The van der Waals surface area contributed by atoms with E-state index in [1.54, 1.807) is 0 Å². The van der Waals surface area contributed by atoms with E-state index in [0.717, 1.165) is 0 Å². The van der Waals surface area contributed by atoms with Gasteiger partial charge in [0, 0.05) is 23.5 Å². The first kappa shape index (κ1) is 10.9. The monoisotopic (exact) mass is 165 g/mol. The average molecular weight is 166 g/mol. The summed E-state index contributed by atoms with van der Waals surface area (Å²) >= 11 is 0. The van der Waals surface area contributed by atoms with Crippen LogP contribution in [-0.2, 0) is 21.9 Å². The standard InChI is InChI=1S/C5H10O2.Cu/c1-4(2)3-5(6)7;/h4H,3H2,1-2H3,(H,6,7);. The molecule has 53 valence electrons. The first-order valence-corrected chi connectivity index (χ1v) is 2.34. The molecule has 0 saturated heterocycles. The molecule has 0 rings (SSSR count). The van der Waals surface area contributed by atoms with E-state index in [0.29, 0.717) is 0 Å². The van der Waals surface area contributed by atoms with Crippen molar-refractivity contribution in [3.8, 4) is 0 Å². The molecule has 0 amide bonds. The van der Waals surface area contributed by atoms with Gasteiger partial charge in [0.25, 0.3) is 0 Å². The third-order valence-electron chi connectivity index (χ3n) is 0.583. The summed E-state index contributed by atoms with van der Waals surface area (Å²) in [6.07, 6.45) is 0.278. The van der Waals surface area contributed by atoms with Crippen molar-refractivity contribution in [1.29, 1.82) is 0 Å². The van der Waals surface area contributed by atoms with Crippen molar-refractivity contribution in [1.82, 2.24) is 0 Å². The molecule has 2 nitrogen and oxygen atoms in total. The zero-order chi connectivity index (χ0) is 5.86. The Bertz CT molecular complexity index is 70.8. The van der Waals surface area contributed by atoms with Crippen LogP contribution >= 0.6 is 0 Å². The largest absolute Gasteiger partial charge is 0.481 e. The Labute approximate surface area is 59.8 Å². The van der Waals surface area contributed by atoms with Gasteiger partial charge < -0.3 is 5.11 Å². The third-order valence-corrected chi connectivity index (χ3v) is 0.583. The fraction of sp³-hybridized carbons (Fsp3) is 0.800. The SMILES string of the molecule is CC(C)CC(=O)O.[Cu]. The Hall–Kier alpha value is -0.0105. The molecule has 0 aromatic heterocycles. The molecule has 8 heavy (non-hydrogen) atoms. The molecular formula is C5H10CuO2. The molecule has 0 aromatic rings. The first-order valence-electron chi connectivity index (χ1n) is 2.34. The predicted molar refractivity (Wildman–Crippen MR) is 27.1 cm³/mol. The van der Waals surface area contributed by atoms with Gasteiger partial charge in [-0.3, -0.25) is 4.79 Å². The molecule has 0 saturated carbocycles. The zero-order valence-corrected chi connectivity index (χ0v) is 5.88. The molecule has 1 N–H and O–H groups in total. The van der Waals surface area contributed by atoms with E-state index in [1.807, 2.05) is 13.8 Å². The van der Waals surface area contributed by atoms with Crippen LogP contribution in [0.1, 0.15) is 20.3 Å². The summed E-state index contributed by atoms with van der Waals surface area (Å²) in [6.45, 7) is 3.77. The molecule has 0 unspecified atom stereocenters. The zero-order valence-electron chi connectivity index (χ0n) is 4.94. The van der Waals surface area contributed by atoms with Crippen LogP contribution in [0.4, 0.5) is 0 Å². The second kappa shape index (κ2) is 5.13. The number of hydrogen-bond acceptors (Lipinski definition) is 1. The molecule has 1 radical (unpaired) electrons. The molecule has 0 spiro atoms. The van der Waals surface area contributed by atoms with Crippen LogP contribution in [0, 0.1) is 5.92 Å². The normalized spacial score (nSPS) is 8.38.